The fourth-order valence-electron chi connectivity index (χ4n) is 4.28. The minimum absolute atomic E-state index is 0.104. The van der Waals surface area contributed by atoms with Crippen LogP contribution in [0.1, 0.15) is 6.42 Å². The van der Waals surface area contributed by atoms with Crippen LogP contribution in [0.5, 0.6) is 0 Å². The average Bonchev–Trinajstić information content (AvgIpc) is 3.47. The van der Waals surface area contributed by atoms with Crippen LogP contribution in [-0.4, -0.2) is 33.3 Å². The molecular weight excluding hydrogens is 394 g/mol. The van der Waals surface area contributed by atoms with Crippen molar-refractivity contribution in [2.24, 2.45) is 11.8 Å². The first-order chi connectivity index (χ1) is 14.0. The first-order valence-corrected chi connectivity index (χ1v) is 9.86. The number of hydrogen-bond donors (Lipinski definition) is 1. The van der Waals surface area contributed by atoms with Crippen molar-refractivity contribution in [3.8, 4) is 5.69 Å². The van der Waals surface area contributed by atoms with Gasteiger partial charge in [0.2, 0.25) is 0 Å². The Kier molecular flexibility index (Phi) is 4.03. The van der Waals surface area contributed by atoms with Crippen molar-refractivity contribution in [3.63, 3.8) is 0 Å². The van der Waals surface area contributed by atoms with Crippen molar-refractivity contribution < 1.29 is 9.90 Å². The van der Waals surface area contributed by atoms with Gasteiger partial charge in [-0.1, -0.05) is 23.7 Å². The zero-order valence-electron chi connectivity index (χ0n) is 15.4. The van der Waals surface area contributed by atoms with Crippen LogP contribution in [-0.2, 0) is 11.3 Å². The molecule has 1 N–H and O–H groups in total. The maximum Gasteiger partial charge on any atom is 0.336 e. The van der Waals surface area contributed by atoms with E-state index in [1.165, 1.54) is 0 Å². The van der Waals surface area contributed by atoms with E-state index < -0.39 is 11.7 Å². The molecule has 1 fully saturated rings. The highest BCUT2D eigenvalue weighted by Crippen LogP contribution is 2.41. The second-order valence-electron chi connectivity index (χ2n) is 7.61. The van der Waals surface area contributed by atoms with Crippen molar-refractivity contribution in [2.45, 2.75) is 13.0 Å². The molecule has 2 aromatic carbocycles. The Morgan fingerprint density at radius 2 is 1.93 bits per heavy atom. The van der Waals surface area contributed by atoms with Gasteiger partial charge in [-0.05, 0) is 42.7 Å². The van der Waals surface area contributed by atoms with Crippen LogP contribution in [0.25, 0.3) is 16.6 Å². The lowest BCUT2D eigenvalue weighted by molar-refractivity contribution is -0.138. The Morgan fingerprint density at radius 1 is 1.14 bits per heavy atom. The molecule has 5 rings (SSSR count). The first kappa shape index (κ1) is 18.0. The van der Waals surface area contributed by atoms with Crippen molar-refractivity contribution >= 4 is 34.2 Å². The number of aliphatic carboxylic acids is 1. The van der Waals surface area contributed by atoms with Crippen molar-refractivity contribution in [2.75, 3.05) is 18.0 Å². The zero-order valence-corrected chi connectivity index (χ0v) is 16.2. The van der Waals surface area contributed by atoms with Crippen molar-refractivity contribution in [3.05, 3.63) is 68.3 Å². The van der Waals surface area contributed by atoms with E-state index in [-0.39, 0.29) is 17.4 Å². The molecule has 2 unspecified atom stereocenters. The van der Waals surface area contributed by atoms with Crippen LogP contribution in [0, 0.1) is 11.8 Å². The topological polar surface area (TPSA) is 84.5 Å². The number of para-hydroxylation sites is 1. The van der Waals surface area contributed by atoms with Gasteiger partial charge in [0, 0.05) is 24.7 Å². The Hall–Kier alpha value is -3.06. The molecule has 0 saturated heterocycles. The van der Waals surface area contributed by atoms with E-state index in [0.717, 1.165) is 10.3 Å². The third-order valence-corrected chi connectivity index (χ3v) is 6.07. The van der Waals surface area contributed by atoms with Gasteiger partial charge in [0.15, 0.2) is 0 Å². The number of anilines is 1. The van der Waals surface area contributed by atoms with Crippen LogP contribution in [0.2, 0.25) is 5.02 Å². The van der Waals surface area contributed by atoms with E-state index in [0.29, 0.717) is 47.7 Å². The molecule has 1 aliphatic heterocycles. The summed E-state index contributed by atoms with van der Waals surface area (Å²) in [6.07, 6.45) is 0.672. The maximum absolute atomic E-state index is 13.2. The van der Waals surface area contributed by atoms with E-state index in [4.69, 9.17) is 11.6 Å². The molecule has 0 radical (unpaired) electrons. The highest BCUT2D eigenvalue weighted by atomic mass is 35.5. The van der Waals surface area contributed by atoms with Crippen LogP contribution >= 0.6 is 11.6 Å². The Morgan fingerprint density at radius 3 is 2.66 bits per heavy atom. The molecule has 7 nitrogen and oxygen atoms in total. The number of nitrogens with zero attached hydrogens (tertiary/aromatic N) is 3. The van der Waals surface area contributed by atoms with Crippen LogP contribution in [0.15, 0.2) is 52.1 Å². The summed E-state index contributed by atoms with van der Waals surface area (Å²) in [5, 5.41) is 10.1. The monoisotopic (exact) mass is 411 g/mol. The normalized spacial score (nSPS) is 20.1. The van der Waals surface area contributed by atoms with E-state index in [1.807, 2.05) is 6.07 Å². The molecule has 1 aromatic heterocycles. The van der Waals surface area contributed by atoms with Gasteiger partial charge in [0.05, 0.1) is 28.2 Å². The Bertz CT molecular complexity index is 1280. The van der Waals surface area contributed by atoms with Crippen molar-refractivity contribution in [1.82, 2.24) is 9.13 Å². The summed E-state index contributed by atoms with van der Waals surface area (Å²) in [5.41, 5.74) is 1.07. The summed E-state index contributed by atoms with van der Waals surface area (Å²) >= 11 is 6.06. The minimum Gasteiger partial charge on any atom is -0.481 e. The van der Waals surface area contributed by atoms with Gasteiger partial charge >= 0.3 is 11.7 Å². The number of halogens is 1. The molecule has 3 aromatic rings. The second kappa shape index (κ2) is 6.49. The number of hydrogen-bond acceptors (Lipinski definition) is 4. The largest absolute Gasteiger partial charge is 0.481 e. The molecule has 2 atom stereocenters. The molecule has 2 aliphatic rings. The highest BCUT2D eigenvalue weighted by Gasteiger charge is 2.44. The molecule has 2 heterocycles. The molecule has 1 saturated carbocycles. The Balaban J connectivity index is 1.66. The van der Waals surface area contributed by atoms with Gasteiger partial charge in [0.25, 0.3) is 5.56 Å². The van der Waals surface area contributed by atoms with E-state index in [1.54, 1.807) is 41.0 Å². The average molecular weight is 412 g/mol. The summed E-state index contributed by atoms with van der Waals surface area (Å²) in [6.45, 7) is 1.63. The molecule has 0 bridgehead atoms. The standard InChI is InChI=1S/C21H18ClN3O4/c22-13-3-1-4-14(10-13)25-19(26)15-5-2-6-17-18(15)24(21(25)29)8-7-23(17)11-12-9-16(12)20(27)28/h1-6,10,12,16H,7-9,11H2,(H,27,28). The predicted molar refractivity (Wildman–Crippen MR) is 110 cm³/mol. The fourth-order valence-corrected chi connectivity index (χ4v) is 4.47. The number of carboxylic acids is 1. The number of carboxylic acid groups (broad SMARTS) is 1. The molecule has 8 heteroatoms. The molecule has 0 spiro atoms. The van der Waals surface area contributed by atoms with Crippen molar-refractivity contribution in [1.29, 1.82) is 0 Å². The lowest BCUT2D eigenvalue weighted by Crippen LogP contribution is -2.44. The molecule has 0 amide bonds. The van der Waals surface area contributed by atoms with Gasteiger partial charge in [-0.2, -0.15) is 0 Å². The molecule has 1 aliphatic carbocycles. The quantitative estimate of drug-likeness (QED) is 0.712. The number of aromatic nitrogens is 2. The predicted octanol–water partition coefficient (Wildman–Crippen LogP) is 2.35. The number of benzene rings is 2. The maximum atomic E-state index is 13.2. The number of carbonyl (C=O) groups is 1. The summed E-state index contributed by atoms with van der Waals surface area (Å²) < 4.78 is 2.79. The summed E-state index contributed by atoms with van der Waals surface area (Å²) in [4.78, 5) is 39.7. The van der Waals surface area contributed by atoms with Crippen LogP contribution in [0.4, 0.5) is 5.69 Å². The van der Waals surface area contributed by atoms with Gasteiger partial charge in [-0.15, -0.1) is 0 Å². The molecule has 29 heavy (non-hydrogen) atoms. The third-order valence-electron chi connectivity index (χ3n) is 5.84. The number of rotatable bonds is 4. The van der Waals surface area contributed by atoms with Crippen LogP contribution in [0.3, 0.4) is 0 Å². The van der Waals surface area contributed by atoms with E-state index >= 15 is 0 Å². The van der Waals surface area contributed by atoms with E-state index in [2.05, 4.69) is 4.90 Å². The highest BCUT2D eigenvalue weighted by molar-refractivity contribution is 6.30. The second-order valence-corrected chi connectivity index (χ2v) is 8.05. The van der Waals surface area contributed by atoms with Crippen LogP contribution < -0.4 is 16.1 Å². The third kappa shape index (κ3) is 2.84. The van der Waals surface area contributed by atoms with E-state index in [9.17, 15) is 19.5 Å². The minimum atomic E-state index is -0.758. The SMILES string of the molecule is O=C(O)C1CC1CN1CCn2c(=O)n(-c3cccc(Cl)c3)c(=O)c3cccc1c32. The van der Waals surface area contributed by atoms with Gasteiger partial charge in [0.1, 0.15) is 0 Å². The Labute approximate surface area is 170 Å². The molecule has 148 valence electrons. The van der Waals surface area contributed by atoms with Gasteiger partial charge < -0.3 is 10.0 Å². The summed E-state index contributed by atoms with van der Waals surface area (Å²) in [7, 11) is 0. The van der Waals surface area contributed by atoms with Gasteiger partial charge in [-0.25, -0.2) is 9.36 Å². The molecular formula is C21H18ClN3O4. The lowest BCUT2D eigenvalue weighted by atomic mass is 10.1. The lowest BCUT2D eigenvalue weighted by Gasteiger charge is -2.32. The zero-order chi connectivity index (χ0) is 20.3. The van der Waals surface area contributed by atoms with Gasteiger partial charge in [-0.3, -0.25) is 14.2 Å². The summed E-state index contributed by atoms with van der Waals surface area (Å²) in [6, 6.07) is 12.1. The smallest absolute Gasteiger partial charge is 0.336 e. The fraction of sp³-hybridized carbons (Fsp3) is 0.286. The summed E-state index contributed by atoms with van der Waals surface area (Å²) in [5.74, 6) is -0.951. The first-order valence-electron chi connectivity index (χ1n) is 9.48.